The number of nitrogens with zero attached hydrogens (tertiary/aromatic N) is 3. The van der Waals surface area contributed by atoms with E-state index in [0.29, 0.717) is 0 Å². The first-order valence-electron chi connectivity index (χ1n) is 10.3. The van der Waals surface area contributed by atoms with E-state index in [1.165, 1.54) is 23.3 Å². The lowest BCUT2D eigenvalue weighted by Gasteiger charge is -2.26. The summed E-state index contributed by atoms with van der Waals surface area (Å²) < 4.78 is 7.25. The van der Waals surface area contributed by atoms with Crippen LogP contribution in [0.5, 0.6) is 0 Å². The van der Waals surface area contributed by atoms with Gasteiger partial charge in [0.2, 0.25) is 5.95 Å². The molecule has 2 aliphatic rings. The van der Waals surface area contributed by atoms with Crippen molar-refractivity contribution in [3.63, 3.8) is 0 Å². The topological polar surface area (TPSA) is 59.4 Å². The number of rotatable bonds is 6. The predicted octanol–water partition coefficient (Wildman–Crippen LogP) is 3.05. The lowest BCUT2D eigenvalue weighted by molar-refractivity contribution is 0.0378. The van der Waals surface area contributed by atoms with Crippen LogP contribution in [-0.2, 0) is 17.6 Å². The van der Waals surface area contributed by atoms with Gasteiger partial charge in [-0.05, 0) is 58.1 Å². The summed E-state index contributed by atoms with van der Waals surface area (Å²) >= 11 is 1.72. The Morgan fingerprint density at radius 3 is 2.78 bits per heavy atom. The number of aromatic nitrogens is 2. The van der Waals surface area contributed by atoms with Crippen molar-refractivity contribution in [1.82, 2.24) is 14.5 Å². The highest BCUT2D eigenvalue weighted by molar-refractivity contribution is 7.18. The van der Waals surface area contributed by atoms with Gasteiger partial charge >= 0.3 is 0 Å². The summed E-state index contributed by atoms with van der Waals surface area (Å²) in [5.74, 6) is 0.725. The maximum Gasteiger partial charge on any atom is 0.264 e. The number of nitrogens with one attached hydrogen (secondary N) is 1. The van der Waals surface area contributed by atoms with Crippen LogP contribution < -0.4 is 10.9 Å². The summed E-state index contributed by atoms with van der Waals surface area (Å²) in [6, 6.07) is 0.0929. The Bertz CT molecular complexity index is 852. The molecule has 0 spiro atoms. The van der Waals surface area contributed by atoms with Crippen molar-refractivity contribution < 1.29 is 4.74 Å². The molecule has 1 fully saturated rings. The van der Waals surface area contributed by atoms with Crippen molar-refractivity contribution in [3.8, 4) is 0 Å². The number of hydrogen-bond acceptors (Lipinski definition) is 6. The van der Waals surface area contributed by atoms with E-state index in [2.05, 4.69) is 24.1 Å². The fraction of sp³-hybridized carbons (Fsp3) is 0.700. The van der Waals surface area contributed by atoms with Crippen LogP contribution in [0.15, 0.2) is 4.79 Å². The van der Waals surface area contributed by atoms with E-state index >= 15 is 0 Å². The minimum Gasteiger partial charge on any atom is -0.379 e. The largest absolute Gasteiger partial charge is 0.379 e. The number of hydrogen-bond donors (Lipinski definition) is 1. The molecule has 6 nitrogen and oxygen atoms in total. The van der Waals surface area contributed by atoms with E-state index < -0.39 is 0 Å². The number of morpholine rings is 1. The monoisotopic (exact) mass is 390 g/mol. The van der Waals surface area contributed by atoms with Crippen molar-refractivity contribution >= 4 is 27.5 Å². The second-order valence-corrected chi connectivity index (χ2v) is 8.91. The van der Waals surface area contributed by atoms with Gasteiger partial charge in [-0.15, -0.1) is 11.3 Å². The highest BCUT2D eigenvalue weighted by Gasteiger charge is 2.22. The fourth-order valence-electron chi connectivity index (χ4n) is 4.15. The van der Waals surface area contributed by atoms with Gasteiger partial charge in [-0.1, -0.05) is 0 Å². The molecule has 3 heterocycles. The van der Waals surface area contributed by atoms with E-state index in [4.69, 9.17) is 9.72 Å². The van der Waals surface area contributed by atoms with Crippen LogP contribution in [0.2, 0.25) is 0 Å². The minimum absolute atomic E-state index is 0.0929. The van der Waals surface area contributed by atoms with Crippen molar-refractivity contribution in [2.45, 2.75) is 52.0 Å². The molecule has 0 unspecified atom stereocenters. The Hall–Kier alpha value is -1.44. The Morgan fingerprint density at radius 2 is 2.00 bits per heavy atom. The maximum atomic E-state index is 13.3. The van der Waals surface area contributed by atoms with Crippen LogP contribution in [0.3, 0.4) is 0 Å². The van der Waals surface area contributed by atoms with Crippen LogP contribution in [0.25, 0.3) is 10.2 Å². The molecule has 0 amide bonds. The zero-order valence-corrected chi connectivity index (χ0v) is 17.2. The molecule has 2 aromatic rings. The quantitative estimate of drug-likeness (QED) is 0.768. The van der Waals surface area contributed by atoms with Gasteiger partial charge in [-0.2, -0.15) is 0 Å². The first kappa shape index (κ1) is 18.9. The van der Waals surface area contributed by atoms with Gasteiger partial charge in [0.25, 0.3) is 5.56 Å². The Balaban J connectivity index is 1.54. The number of ether oxygens (including phenoxy) is 1. The van der Waals surface area contributed by atoms with E-state index in [-0.39, 0.29) is 11.6 Å². The summed E-state index contributed by atoms with van der Waals surface area (Å²) in [5, 5.41) is 4.33. The molecule has 7 heteroatoms. The average Bonchev–Trinajstić information content (AvgIpc) is 3.04. The maximum absolute atomic E-state index is 13.3. The lowest BCUT2D eigenvalue weighted by atomic mass is 9.97. The molecular weight excluding hydrogens is 360 g/mol. The molecule has 27 heavy (non-hydrogen) atoms. The molecule has 1 saturated heterocycles. The molecule has 0 aromatic carbocycles. The first-order chi connectivity index (χ1) is 13.1. The van der Waals surface area contributed by atoms with Gasteiger partial charge in [0, 0.05) is 30.6 Å². The highest BCUT2D eigenvalue weighted by atomic mass is 32.1. The number of anilines is 1. The fourth-order valence-corrected chi connectivity index (χ4v) is 5.40. The smallest absolute Gasteiger partial charge is 0.264 e. The zero-order chi connectivity index (χ0) is 18.8. The highest BCUT2D eigenvalue weighted by Crippen LogP contribution is 2.34. The zero-order valence-electron chi connectivity index (χ0n) is 16.4. The minimum atomic E-state index is 0.0929. The molecule has 1 aliphatic heterocycles. The molecule has 0 radical (unpaired) electrons. The van der Waals surface area contributed by atoms with Crippen molar-refractivity contribution in [2.75, 3.05) is 44.7 Å². The van der Waals surface area contributed by atoms with Crippen molar-refractivity contribution in [1.29, 1.82) is 0 Å². The molecule has 148 valence electrons. The van der Waals surface area contributed by atoms with Gasteiger partial charge in [-0.3, -0.25) is 14.3 Å². The molecular formula is C20H30N4O2S. The molecule has 0 bridgehead atoms. The van der Waals surface area contributed by atoms with Crippen LogP contribution in [0, 0.1) is 0 Å². The van der Waals surface area contributed by atoms with Crippen LogP contribution in [0.1, 0.15) is 49.6 Å². The normalized spacial score (nSPS) is 18.2. The standard InChI is InChI=1S/C20H30N4O2S/c1-14(2)24-19(25)17-15-6-3-4-7-16(15)27-18(17)22-20(24)21-8-5-9-23-10-12-26-13-11-23/h14H,3-13H2,1-2H3,(H,21,22). The first-order valence-corrected chi connectivity index (χ1v) is 11.1. The summed E-state index contributed by atoms with van der Waals surface area (Å²) in [4.78, 5) is 22.9. The molecule has 1 N–H and O–H groups in total. The molecule has 2 aromatic heterocycles. The number of thiophene rings is 1. The van der Waals surface area contributed by atoms with E-state index in [9.17, 15) is 4.79 Å². The number of aryl methyl sites for hydroxylation is 2. The van der Waals surface area contributed by atoms with E-state index in [0.717, 1.165) is 74.8 Å². The van der Waals surface area contributed by atoms with Gasteiger partial charge in [0.05, 0.1) is 18.6 Å². The van der Waals surface area contributed by atoms with Crippen molar-refractivity contribution in [2.24, 2.45) is 0 Å². The molecule has 0 saturated carbocycles. The van der Waals surface area contributed by atoms with Crippen LogP contribution in [0.4, 0.5) is 5.95 Å². The Morgan fingerprint density at radius 1 is 1.22 bits per heavy atom. The third-order valence-electron chi connectivity index (χ3n) is 5.58. The molecule has 4 rings (SSSR count). The Kier molecular flexibility index (Phi) is 5.80. The lowest BCUT2D eigenvalue weighted by Crippen LogP contribution is -2.37. The summed E-state index contributed by atoms with van der Waals surface area (Å²) in [5.41, 5.74) is 1.40. The predicted molar refractivity (Wildman–Crippen MR) is 111 cm³/mol. The van der Waals surface area contributed by atoms with Crippen molar-refractivity contribution in [3.05, 3.63) is 20.8 Å². The average molecular weight is 391 g/mol. The summed E-state index contributed by atoms with van der Waals surface area (Å²) in [7, 11) is 0. The molecule has 1 aliphatic carbocycles. The second-order valence-electron chi connectivity index (χ2n) is 7.83. The van der Waals surface area contributed by atoms with Gasteiger partial charge in [0.15, 0.2) is 0 Å². The van der Waals surface area contributed by atoms with Crippen LogP contribution in [-0.4, -0.2) is 53.8 Å². The third-order valence-corrected chi connectivity index (χ3v) is 6.76. The Labute approximate surface area is 164 Å². The van der Waals surface area contributed by atoms with Gasteiger partial charge in [-0.25, -0.2) is 4.98 Å². The van der Waals surface area contributed by atoms with E-state index in [1.807, 2.05) is 4.57 Å². The van der Waals surface area contributed by atoms with Gasteiger partial charge < -0.3 is 10.1 Å². The number of fused-ring (bicyclic) bond motifs is 3. The molecule has 0 atom stereocenters. The van der Waals surface area contributed by atoms with E-state index in [1.54, 1.807) is 11.3 Å². The summed E-state index contributed by atoms with van der Waals surface area (Å²) in [6.45, 7) is 9.71. The SMILES string of the molecule is CC(C)n1c(NCCCN2CCOCC2)nc2sc3c(c2c1=O)CCCC3. The summed E-state index contributed by atoms with van der Waals surface area (Å²) in [6.07, 6.45) is 5.57. The van der Waals surface area contributed by atoms with Crippen LogP contribution >= 0.6 is 11.3 Å². The van der Waals surface area contributed by atoms with Gasteiger partial charge in [0.1, 0.15) is 4.83 Å². The second kappa shape index (κ2) is 8.29. The third kappa shape index (κ3) is 3.91.